The Morgan fingerprint density at radius 2 is 1.75 bits per heavy atom. The molecule has 4 heteroatoms. The van der Waals surface area contributed by atoms with E-state index in [0.29, 0.717) is 19.3 Å². The molecule has 0 nitrogen and oxygen atoms in total. The standard InChI is InChI=1S/C16H20ClF3/c1-11-6-8-12(9-7-11)10-15(17)13-4-2-3-5-14(13)16(18,19)20/h6-9,13-15H,2-5,10H2,1H3. The maximum atomic E-state index is 13.1. The van der Waals surface area contributed by atoms with Crippen LogP contribution in [0.1, 0.15) is 36.8 Å². The Morgan fingerprint density at radius 1 is 1.15 bits per heavy atom. The minimum Gasteiger partial charge on any atom is -0.171 e. The Hall–Kier alpha value is -0.700. The van der Waals surface area contributed by atoms with Crippen molar-refractivity contribution < 1.29 is 13.2 Å². The molecule has 3 unspecified atom stereocenters. The molecule has 1 aromatic carbocycles. The minimum absolute atomic E-state index is 0.227. The van der Waals surface area contributed by atoms with Crippen LogP contribution < -0.4 is 0 Å². The molecule has 3 atom stereocenters. The molecule has 1 saturated carbocycles. The molecule has 0 radical (unpaired) electrons. The Bertz CT molecular complexity index is 424. The van der Waals surface area contributed by atoms with Crippen molar-refractivity contribution in [1.82, 2.24) is 0 Å². The van der Waals surface area contributed by atoms with Gasteiger partial charge in [0, 0.05) is 5.38 Å². The summed E-state index contributed by atoms with van der Waals surface area (Å²) >= 11 is 6.33. The number of benzene rings is 1. The summed E-state index contributed by atoms with van der Waals surface area (Å²) in [4.78, 5) is 0. The zero-order chi connectivity index (χ0) is 14.8. The van der Waals surface area contributed by atoms with Crippen molar-refractivity contribution in [3.63, 3.8) is 0 Å². The normalized spacial score (nSPS) is 25.4. The lowest BCUT2D eigenvalue weighted by molar-refractivity contribution is -0.196. The van der Waals surface area contributed by atoms with Gasteiger partial charge in [0.2, 0.25) is 0 Å². The van der Waals surface area contributed by atoms with Crippen LogP contribution in [0.25, 0.3) is 0 Å². The van der Waals surface area contributed by atoms with Crippen molar-refractivity contribution in [2.45, 2.75) is 50.6 Å². The smallest absolute Gasteiger partial charge is 0.171 e. The lowest BCUT2D eigenvalue weighted by Crippen LogP contribution is -2.38. The molecule has 0 spiro atoms. The van der Waals surface area contributed by atoms with E-state index >= 15 is 0 Å². The Labute approximate surface area is 123 Å². The molecule has 0 saturated heterocycles. The van der Waals surface area contributed by atoms with Gasteiger partial charge in [0.1, 0.15) is 0 Å². The van der Waals surface area contributed by atoms with E-state index in [1.807, 2.05) is 31.2 Å². The maximum absolute atomic E-state index is 13.1. The molecule has 0 heterocycles. The number of hydrogen-bond donors (Lipinski definition) is 0. The summed E-state index contributed by atoms with van der Waals surface area (Å²) in [5.41, 5.74) is 2.16. The summed E-state index contributed by atoms with van der Waals surface area (Å²) in [6, 6.07) is 7.86. The summed E-state index contributed by atoms with van der Waals surface area (Å²) < 4.78 is 39.3. The van der Waals surface area contributed by atoms with E-state index in [0.717, 1.165) is 17.5 Å². The number of alkyl halides is 4. The zero-order valence-electron chi connectivity index (χ0n) is 11.6. The Balaban J connectivity index is 2.06. The third-order valence-corrected chi connectivity index (χ3v) is 4.73. The van der Waals surface area contributed by atoms with Crippen LogP contribution in [0.3, 0.4) is 0 Å². The van der Waals surface area contributed by atoms with Gasteiger partial charge in [-0.2, -0.15) is 13.2 Å². The second-order valence-corrected chi connectivity index (χ2v) is 6.36. The molecule has 0 aromatic heterocycles. The largest absolute Gasteiger partial charge is 0.392 e. The summed E-state index contributed by atoms with van der Waals surface area (Å²) in [7, 11) is 0. The highest BCUT2D eigenvalue weighted by Gasteiger charge is 2.47. The molecule has 1 fully saturated rings. The van der Waals surface area contributed by atoms with E-state index in [-0.39, 0.29) is 6.42 Å². The highest BCUT2D eigenvalue weighted by Crippen LogP contribution is 2.44. The fourth-order valence-electron chi connectivity index (χ4n) is 3.10. The van der Waals surface area contributed by atoms with Crippen molar-refractivity contribution in [1.29, 1.82) is 0 Å². The first-order chi connectivity index (χ1) is 9.38. The third kappa shape index (κ3) is 3.91. The van der Waals surface area contributed by atoms with Gasteiger partial charge in [0.15, 0.2) is 0 Å². The van der Waals surface area contributed by atoms with Gasteiger partial charge >= 0.3 is 6.18 Å². The lowest BCUT2D eigenvalue weighted by Gasteiger charge is -2.35. The van der Waals surface area contributed by atoms with Crippen LogP contribution in [0.5, 0.6) is 0 Å². The van der Waals surface area contributed by atoms with Crippen LogP contribution >= 0.6 is 11.6 Å². The average Bonchev–Trinajstić information content (AvgIpc) is 2.40. The Kier molecular flexibility index (Phi) is 5.00. The van der Waals surface area contributed by atoms with Gasteiger partial charge in [-0.05, 0) is 37.7 Å². The van der Waals surface area contributed by atoms with Gasteiger partial charge in [-0.15, -0.1) is 11.6 Å². The molecule has 1 aliphatic carbocycles. The second-order valence-electron chi connectivity index (χ2n) is 5.80. The van der Waals surface area contributed by atoms with Crippen LogP contribution in [0.4, 0.5) is 13.2 Å². The van der Waals surface area contributed by atoms with Gasteiger partial charge in [0.05, 0.1) is 5.92 Å². The summed E-state index contributed by atoms with van der Waals surface area (Å²) in [5.74, 6) is -1.68. The summed E-state index contributed by atoms with van der Waals surface area (Å²) in [5, 5.41) is -0.440. The molecule has 112 valence electrons. The van der Waals surface area contributed by atoms with E-state index < -0.39 is 23.4 Å². The number of aryl methyl sites for hydroxylation is 1. The van der Waals surface area contributed by atoms with Crippen molar-refractivity contribution in [2.24, 2.45) is 11.8 Å². The Morgan fingerprint density at radius 3 is 2.35 bits per heavy atom. The lowest BCUT2D eigenvalue weighted by atomic mass is 9.75. The van der Waals surface area contributed by atoms with E-state index in [2.05, 4.69) is 0 Å². The van der Waals surface area contributed by atoms with Gasteiger partial charge in [-0.3, -0.25) is 0 Å². The van der Waals surface area contributed by atoms with Gasteiger partial charge in [0.25, 0.3) is 0 Å². The predicted octanol–water partition coefficient (Wildman–Crippen LogP) is 5.51. The summed E-state index contributed by atoms with van der Waals surface area (Å²) in [6.45, 7) is 1.99. The topological polar surface area (TPSA) is 0 Å². The van der Waals surface area contributed by atoms with E-state index in [1.54, 1.807) is 0 Å². The molecule has 0 aliphatic heterocycles. The van der Waals surface area contributed by atoms with Crippen molar-refractivity contribution in [3.8, 4) is 0 Å². The number of rotatable bonds is 3. The molecule has 0 N–H and O–H groups in total. The molecule has 20 heavy (non-hydrogen) atoms. The van der Waals surface area contributed by atoms with Crippen molar-refractivity contribution >= 4 is 11.6 Å². The number of halogens is 4. The van der Waals surface area contributed by atoms with Crippen LogP contribution in [0.15, 0.2) is 24.3 Å². The first-order valence-corrected chi connectivity index (χ1v) is 7.58. The van der Waals surface area contributed by atoms with Gasteiger partial charge in [-0.1, -0.05) is 42.7 Å². The molecule has 0 bridgehead atoms. The zero-order valence-corrected chi connectivity index (χ0v) is 12.3. The molecular formula is C16H20ClF3. The predicted molar refractivity (Wildman–Crippen MR) is 76.0 cm³/mol. The SMILES string of the molecule is Cc1ccc(CC(Cl)C2CCCCC2C(F)(F)F)cc1. The fourth-order valence-corrected chi connectivity index (χ4v) is 3.58. The molecule has 2 rings (SSSR count). The number of hydrogen-bond acceptors (Lipinski definition) is 0. The van der Waals surface area contributed by atoms with Crippen LogP contribution in [-0.2, 0) is 6.42 Å². The van der Waals surface area contributed by atoms with Crippen LogP contribution in [0, 0.1) is 18.8 Å². The van der Waals surface area contributed by atoms with Crippen molar-refractivity contribution in [2.75, 3.05) is 0 Å². The molecular weight excluding hydrogens is 285 g/mol. The molecule has 1 aromatic rings. The average molecular weight is 305 g/mol. The second kappa shape index (κ2) is 6.38. The van der Waals surface area contributed by atoms with Crippen LogP contribution in [0.2, 0.25) is 0 Å². The van der Waals surface area contributed by atoms with Gasteiger partial charge in [-0.25, -0.2) is 0 Å². The quantitative estimate of drug-likeness (QED) is 0.646. The van der Waals surface area contributed by atoms with Crippen molar-refractivity contribution in [3.05, 3.63) is 35.4 Å². The molecule has 0 amide bonds. The first-order valence-electron chi connectivity index (χ1n) is 7.14. The van der Waals surface area contributed by atoms with Gasteiger partial charge < -0.3 is 0 Å². The monoisotopic (exact) mass is 304 g/mol. The minimum atomic E-state index is -4.12. The maximum Gasteiger partial charge on any atom is 0.392 e. The highest BCUT2D eigenvalue weighted by molar-refractivity contribution is 6.21. The van der Waals surface area contributed by atoms with E-state index in [9.17, 15) is 13.2 Å². The third-order valence-electron chi connectivity index (χ3n) is 4.26. The first kappa shape index (κ1) is 15.7. The summed E-state index contributed by atoms with van der Waals surface area (Å²) in [6.07, 6.45) is -1.27. The van der Waals surface area contributed by atoms with Crippen LogP contribution in [-0.4, -0.2) is 11.6 Å². The van der Waals surface area contributed by atoms with E-state index in [1.165, 1.54) is 0 Å². The highest BCUT2D eigenvalue weighted by atomic mass is 35.5. The van der Waals surface area contributed by atoms with E-state index in [4.69, 9.17) is 11.6 Å². The fraction of sp³-hybridized carbons (Fsp3) is 0.625. The molecule has 1 aliphatic rings.